The molecule has 0 bridgehead atoms. The summed E-state index contributed by atoms with van der Waals surface area (Å²) < 4.78 is 26.0. The van der Waals surface area contributed by atoms with Crippen molar-refractivity contribution in [3.05, 3.63) is 71.3 Å². The van der Waals surface area contributed by atoms with Gasteiger partial charge in [0, 0.05) is 0 Å². The first kappa shape index (κ1) is 14.6. The van der Waals surface area contributed by atoms with E-state index in [0.717, 1.165) is 0 Å². The van der Waals surface area contributed by atoms with Crippen molar-refractivity contribution in [3.63, 3.8) is 0 Å². The lowest BCUT2D eigenvalue weighted by atomic mass is 9.81. The van der Waals surface area contributed by atoms with Gasteiger partial charge in [0.05, 0.1) is 12.6 Å². The second-order valence-corrected chi connectivity index (χ2v) is 4.57. The molecule has 2 rings (SSSR count). The van der Waals surface area contributed by atoms with Gasteiger partial charge in [-0.05, 0) is 35.4 Å². The van der Waals surface area contributed by atoms with Gasteiger partial charge in [-0.25, -0.2) is 8.78 Å². The third-order valence-electron chi connectivity index (χ3n) is 3.30. The molecule has 2 aromatic carbocycles. The Labute approximate surface area is 115 Å². The highest BCUT2D eigenvalue weighted by atomic mass is 19.1. The largest absolute Gasteiger partial charge is 0.395 e. The minimum Gasteiger partial charge on any atom is -0.395 e. The van der Waals surface area contributed by atoms with Gasteiger partial charge in [0.15, 0.2) is 0 Å². The fraction of sp³-hybridized carbons (Fsp3) is 0.200. The summed E-state index contributed by atoms with van der Waals surface area (Å²) in [4.78, 5) is 0. The second-order valence-electron chi connectivity index (χ2n) is 4.57. The van der Waals surface area contributed by atoms with Gasteiger partial charge in [0.1, 0.15) is 17.2 Å². The first-order valence-electron chi connectivity index (χ1n) is 6.09. The van der Waals surface area contributed by atoms with E-state index in [-0.39, 0.29) is 0 Å². The zero-order chi connectivity index (χ0) is 14.8. The molecule has 0 aliphatic carbocycles. The van der Waals surface area contributed by atoms with Gasteiger partial charge in [-0.3, -0.25) is 0 Å². The summed E-state index contributed by atoms with van der Waals surface area (Å²) in [6.07, 6.45) is 0. The quantitative estimate of drug-likeness (QED) is 0.795. The van der Waals surface area contributed by atoms with E-state index in [0.29, 0.717) is 11.1 Å². The summed E-state index contributed by atoms with van der Waals surface area (Å²) in [7, 11) is 0. The lowest BCUT2D eigenvalue weighted by molar-refractivity contribution is 0.0291. The molecular weight excluding hydrogens is 264 g/mol. The summed E-state index contributed by atoms with van der Waals surface area (Å²) in [5.74, 6) is -0.902. The summed E-state index contributed by atoms with van der Waals surface area (Å²) >= 11 is 0. The molecule has 0 unspecified atom stereocenters. The molecule has 0 aromatic heterocycles. The predicted molar refractivity (Wildman–Crippen MR) is 70.9 cm³/mol. The second kappa shape index (κ2) is 5.66. The number of hydrogen-bond acceptors (Lipinski definition) is 3. The molecule has 0 saturated heterocycles. The van der Waals surface area contributed by atoms with Crippen LogP contribution in [0.25, 0.3) is 0 Å². The lowest BCUT2D eigenvalue weighted by Gasteiger charge is -2.34. The predicted octanol–water partition coefficient (Wildman–Crippen LogP) is 1.52. The third kappa shape index (κ3) is 2.56. The molecule has 3 nitrogen and oxygen atoms in total. The van der Waals surface area contributed by atoms with Crippen LogP contribution in [0.5, 0.6) is 0 Å². The Hall–Kier alpha value is -1.82. The van der Waals surface area contributed by atoms with E-state index in [1.165, 1.54) is 48.5 Å². The van der Waals surface area contributed by atoms with Crippen LogP contribution in [0.1, 0.15) is 11.1 Å². The number of aliphatic hydroxyl groups excluding tert-OH is 1. The maximum absolute atomic E-state index is 13.0. The van der Waals surface area contributed by atoms with Gasteiger partial charge in [-0.2, -0.15) is 0 Å². The Morgan fingerprint density at radius 3 is 1.55 bits per heavy atom. The molecule has 0 saturated carbocycles. The van der Waals surface area contributed by atoms with Crippen molar-refractivity contribution in [2.45, 2.75) is 11.6 Å². The molecule has 0 heterocycles. The molecule has 0 radical (unpaired) electrons. The molecule has 2 aromatic rings. The number of hydrogen-bond donors (Lipinski definition) is 3. The third-order valence-corrected chi connectivity index (χ3v) is 3.30. The highest BCUT2D eigenvalue weighted by molar-refractivity contribution is 5.38. The maximum Gasteiger partial charge on any atom is 0.132 e. The molecule has 20 heavy (non-hydrogen) atoms. The Morgan fingerprint density at radius 2 is 1.25 bits per heavy atom. The van der Waals surface area contributed by atoms with Crippen LogP contribution in [-0.4, -0.2) is 22.9 Å². The highest BCUT2D eigenvalue weighted by Crippen LogP contribution is 2.32. The molecule has 0 spiro atoms. The molecule has 0 amide bonds. The van der Waals surface area contributed by atoms with E-state index in [2.05, 4.69) is 0 Å². The fourth-order valence-corrected chi connectivity index (χ4v) is 2.13. The molecule has 1 atom stereocenters. The van der Waals surface area contributed by atoms with E-state index in [1.807, 2.05) is 0 Å². The van der Waals surface area contributed by atoms with E-state index in [1.54, 1.807) is 0 Å². The van der Waals surface area contributed by atoms with Crippen molar-refractivity contribution in [1.29, 1.82) is 0 Å². The van der Waals surface area contributed by atoms with Gasteiger partial charge in [0.25, 0.3) is 0 Å². The number of rotatable bonds is 4. The van der Waals surface area contributed by atoms with Crippen molar-refractivity contribution in [2.75, 3.05) is 6.61 Å². The van der Waals surface area contributed by atoms with E-state index in [4.69, 9.17) is 5.73 Å². The summed E-state index contributed by atoms with van der Waals surface area (Å²) in [6.45, 7) is -0.481. The topological polar surface area (TPSA) is 66.5 Å². The van der Waals surface area contributed by atoms with Gasteiger partial charge in [0.2, 0.25) is 0 Å². The Kier molecular flexibility index (Phi) is 4.13. The first-order chi connectivity index (χ1) is 9.48. The average Bonchev–Trinajstić information content (AvgIpc) is 2.47. The molecule has 0 aliphatic heterocycles. The average molecular weight is 279 g/mol. The zero-order valence-electron chi connectivity index (χ0n) is 10.6. The van der Waals surface area contributed by atoms with Crippen molar-refractivity contribution in [1.82, 2.24) is 0 Å². The minimum absolute atomic E-state index is 0.326. The number of nitrogens with two attached hydrogens (primary N) is 1. The molecular formula is C15H15F2NO2. The van der Waals surface area contributed by atoms with E-state index >= 15 is 0 Å². The smallest absolute Gasteiger partial charge is 0.132 e. The summed E-state index contributed by atoms with van der Waals surface area (Å²) in [5.41, 5.74) is 4.73. The SMILES string of the molecule is N[C@@H](CO)C(O)(c1ccc(F)cc1)c1ccc(F)cc1. The number of halogens is 2. The van der Waals surface area contributed by atoms with Crippen LogP contribution in [-0.2, 0) is 5.60 Å². The highest BCUT2D eigenvalue weighted by Gasteiger charge is 2.38. The van der Waals surface area contributed by atoms with Crippen LogP contribution in [0.3, 0.4) is 0 Å². The van der Waals surface area contributed by atoms with Gasteiger partial charge in [-0.1, -0.05) is 24.3 Å². The Morgan fingerprint density at radius 1 is 0.900 bits per heavy atom. The number of aliphatic hydroxyl groups is 2. The zero-order valence-corrected chi connectivity index (χ0v) is 10.6. The summed E-state index contributed by atoms with van der Waals surface area (Å²) in [6, 6.07) is 9.26. The van der Waals surface area contributed by atoms with E-state index < -0.39 is 29.9 Å². The van der Waals surface area contributed by atoms with Crippen LogP contribution in [0.2, 0.25) is 0 Å². The Bertz CT molecular complexity index is 524. The first-order valence-corrected chi connectivity index (χ1v) is 6.09. The number of benzene rings is 2. The lowest BCUT2D eigenvalue weighted by Crippen LogP contribution is -2.48. The van der Waals surface area contributed by atoms with Gasteiger partial charge in [-0.15, -0.1) is 0 Å². The van der Waals surface area contributed by atoms with Crippen LogP contribution in [0.15, 0.2) is 48.5 Å². The van der Waals surface area contributed by atoms with Crippen LogP contribution in [0, 0.1) is 11.6 Å². The van der Waals surface area contributed by atoms with Crippen molar-refractivity contribution in [2.24, 2.45) is 5.73 Å². The van der Waals surface area contributed by atoms with Gasteiger partial charge >= 0.3 is 0 Å². The standard InChI is InChI=1S/C15H15F2NO2/c16-12-5-1-10(2-6-12)15(20,14(18)9-19)11-3-7-13(17)8-4-11/h1-8,14,19-20H,9,18H2/t14-/m0/s1. The summed E-state index contributed by atoms with van der Waals surface area (Å²) in [5, 5.41) is 20.1. The van der Waals surface area contributed by atoms with Crippen LogP contribution in [0.4, 0.5) is 8.78 Å². The monoisotopic (exact) mass is 279 g/mol. The van der Waals surface area contributed by atoms with Crippen molar-refractivity contribution < 1.29 is 19.0 Å². The molecule has 5 heteroatoms. The van der Waals surface area contributed by atoms with Crippen molar-refractivity contribution in [3.8, 4) is 0 Å². The van der Waals surface area contributed by atoms with Crippen LogP contribution >= 0.6 is 0 Å². The fourth-order valence-electron chi connectivity index (χ4n) is 2.13. The molecule has 0 fully saturated rings. The van der Waals surface area contributed by atoms with Gasteiger partial charge < -0.3 is 15.9 Å². The minimum atomic E-state index is -1.73. The molecule has 4 N–H and O–H groups in total. The molecule has 0 aliphatic rings. The van der Waals surface area contributed by atoms with E-state index in [9.17, 15) is 19.0 Å². The normalized spacial score (nSPS) is 13.2. The van der Waals surface area contributed by atoms with Crippen molar-refractivity contribution >= 4 is 0 Å². The maximum atomic E-state index is 13.0. The van der Waals surface area contributed by atoms with Crippen LogP contribution < -0.4 is 5.73 Å². The molecule has 106 valence electrons. The Balaban J connectivity index is 2.55.